The molecule has 28 heavy (non-hydrogen) atoms. The summed E-state index contributed by atoms with van der Waals surface area (Å²) < 4.78 is 15.7. The minimum absolute atomic E-state index is 0.349. The number of hydrogen-bond acceptors (Lipinski definition) is 8. The molecule has 0 aliphatic carbocycles. The lowest BCUT2D eigenvalue weighted by Gasteiger charge is -2.34. The van der Waals surface area contributed by atoms with E-state index in [2.05, 4.69) is 16.0 Å². The van der Waals surface area contributed by atoms with Crippen LogP contribution in [0.2, 0.25) is 0 Å². The van der Waals surface area contributed by atoms with Crippen LogP contribution in [0.15, 0.2) is 18.3 Å². The number of rotatable bonds is 7. The SMILES string of the molecule is COc1cc2ncc(C#N)c(N3CCC(CCOP(O)O)CC3)c2cc1OC. The molecule has 3 rings (SSSR count). The van der Waals surface area contributed by atoms with Crippen molar-refractivity contribution in [2.45, 2.75) is 19.3 Å². The largest absolute Gasteiger partial charge is 0.493 e. The summed E-state index contributed by atoms with van der Waals surface area (Å²) in [5.74, 6) is 1.66. The van der Waals surface area contributed by atoms with E-state index >= 15 is 0 Å². The number of aromatic nitrogens is 1. The summed E-state index contributed by atoms with van der Waals surface area (Å²) in [5, 5.41) is 10.5. The molecule has 1 aliphatic heterocycles. The molecule has 0 spiro atoms. The van der Waals surface area contributed by atoms with Gasteiger partial charge >= 0.3 is 8.60 Å². The Morgan fingerprint density at radius 1 is 1.21 bits per heavy atom. The smallest absolute Gasteiger partial charge is 0.327 e. The molecule has 0 saturated carbocycles. The van der Waals surface area contributed by atoms with Crippen molar-refractivity contribution >= 4 is 25.2 Å². The molecule has 2 aromatic rings. The van der Waals surface area contributed by atoms with E-state index in [0.29, 0.717) is 29.6 Å². The lowest BCUT2D eigenvalue weighted by Crippen LogP contribution is -2.34. The topological polar surface area (TPSA) is 108 Å². The number of piperidine rings is 1. The van der Waals surface area contributed by atoms with Gasteiger partial charge in [-0.1, -0.05) is 0 Å². The molecule has 0 atom stereocenters. The number of fused-ring (bicyclic) bond motifs is 1. The Labute approximate surface area is 165 Å². The Hall–Kier alpha value is -2.17. The van der Waals surface area contributed by atoms with Gasteiger partial charge < -0.3 is 28.7 Å². The molecular weight excluding hydrogens is 381 g/mol. The van der Waals surface area contributed by atoms with Gasteiger partial charge in [0.1, 0.15) is 6.07 Å². The molecule has 0 amide bonds. The third-order valence-corrected chi connectivity index (χ3v) is 5.54. The fraction of sp³-hybridized carbons (Fsp3) is 0.474. The maximum Gasteiger partial charge on any atom is 0.327 e. The summed E-state index contributed by atoms with van der Waals surface area (Å²) in [6, 6.07) is 5.96. The van der Waals surface area contributed by atoms with Crippen molar-refractivity contribution in [1.29, 1.82) is 5.26 Å². The van der Waals surface area contributed by atoms with Crippen LogP contribution in [-0.4, -0.2) is 48.7 Å². The Morgan fingerprint density at radius 2 is 1.89 bits per heavy atom. The molecule has 1 fully saturated rings. The Balaban J connectivity index is 1.85. The average molecular weight is 405 g/mol. The number of pyridine rings is 1. The van der Waals surface area contributed by atoms with E-state index in [0.717, 1.165) is 48.9 Å². The average Bonchev–Trinajstić information content (AvgIpc) is 2.72. The van der Waals surface area contributed by atoms with Gasteiger partial charge in [-0.05, 0) is 31.2 Å². The summed E-state index contributed by atoms with van der Waals surface area (Å²) >= 11 is 0. The highest BCUT2D eigenvalue weighted by molar-refractivity contribution is 7.39. The van der Waals surface area contributed by atoms with E-state index < -0.39 is 8.60 Å². The van der Waals surface area contributed by atoms with Crippen LogP contribution in [-0.2, 0) is 4.52 Å². The zero-order valence-corrected chi connectivity index (χ0v) is 16.9. The number of ether oxygens (including phenoxy) is 2. The monoisotopic (exact) mass is 405 g/mol. The van der Waals surface area contributed by atoms with Crippen molar-refractivity contribution in [3.63, 3.8) is 0 Å². The van der Waals surface area contributed by atoms with Crippen LogP contribution in [0.4, 0.5) is 5.69 Å². The number of anilines is 1. The molecule has 8 nitrogen and oxygen atoms in total. The molecular formula is C19H24N3O5P. The van der Waals surface area contributed by atoms with Crippen molar-refractivity contribution in [1.82, 2.24) is 4.98 Å². The highest BCUT2D eigenvalue weighted by Crippen LogP contribution is 2.39. The summed E-state index contributed by atoms with van der Waals surface area (Å²) in [6.07, 6.45) is 4.29. The van der Waals surface area contributed by atoms with E-state index in [1.54, 1.807) is 20.4 Å². The van der Waals surface area contributed by atoms with Gasteiger partial charge in [0.2, 0.25) is 0 Å². The fourth-order valence-corrected chi connectivity index (χ4v) is 3.94. The van der Waals surface area contributed by atoms with Gasteiger partial charge in [0, 0.05) is 30.7 Å². The molecule has 2 heterocycles. The van der Waals surface area contributed by atoms with Crippen LogP contribution in [0.25, 0.3) is 10.9 Å². The first-order valence-corrected chi connectivity index (χ1v) is 10.2. The first-order chi connectivity index (χ1) is 13.6. The lowest BCUT2D eigenvalue weighted by atomic mass is 9.93. The maximum atomic E-state index is 9.62. The third kappa shape index (κ3) is 4.45. The highest BCUT2D eigenvalue weighted by atomic mass is 31.2. The third-order valence-electron chi connectivity index (χ3n) is 5.13. The van der Waals surface area contributed by atoms with Gasteiger partial charge in [-0.25, -0.2) is 0 Å². The standard InChI is InChI=1S/C19H24N3O5P/c1-25-17-9-15-16(10-18(17)26-2)21-12-14(11-20)19(15)22-6-3-13(4-7-22)5-8-27-28(23)24/h9-10,12-13,23-24H,3-8H2,1-2H3. The number of nitriles is 1. The van der Waals surface area contributed by atoms with Crippen molar-refractivity contribution in [2.24, 2.45) is 5.92 Å². The van der Waals surface area contributed by atoms with Gasteiger partial charge in [-0.3, -0.25) is 4.98 Å². The molecule has 0 radical (unpaired) electrons. The second kappa shape index (κ2) is 9.35. The normalized spacial score (nSPS) is 15.1. The molecule has 1 aliphatic rings. The lowest BCUT2D eigenvalue weighted by molar-refractivity contribution is 0.223. The van der Waals surface area contributed by atoms with E-state index in [1.807, 2.05) is 12.1 Å². The molecule has 1 aromatic carbocycles. The maximum absolute atomic E-state index is 9.62. The molecule has 0 unspecified atom stereocenters. The van der Waals surface area contributed by atoms with E-state index in [-0.39, 0.29) is 0 Å². The number of hydrogen-bond donors (Lipinski definition) is 2. The van der Waals surface area contributed by atoms with Crippen LogP contribution >= 0.6 is 8.60 Å². The highest BCUT2D eigenvalue weighted by Gasteiger charge is 2.24. The molecule has 150 valence electrons. The quantitative estimate of drug-likeness (QED) is 0.677. The van der Waals surface area contributed by atoms with Gasteiger partial charge in [-0.2, -0.15) is 5.26 Å². The van der Waals surface area contributed by atoms with Crippen LogP contribution in [0.3, 0.4) is 0 Å². The zero-order chi connectivity index (χ0) is 20.1. The van der Waals surface area contributed by atoms with Crippen LogP contribution in [0, 0.1) is 17.2 Å². The van der Waals surface area contributed by atoms with E-state index in [4.69, 9.17) is 23.8 Å². The van der Waals surface area contributed by atoms with E-state index in [9.17, 15) is 5.26 Å². The first kappa shape index (κ1) is 20.6. The predicted molar refractivity (Wildman–Crippen MR) is 106 cm³/mol. The summed E-state index contributed by atoms with van der Waals surface area (Å²) in [7, 11) is 0.886. The minimum Gasteiger partial charge on any atom is -0.493 e. The summed E-state index contributed by atoms with van der Waals surface area (Å²) in [4.78, 5) is 24.3. The van der Waals surface area contributed by atoms with Crippen molar-refractivity contribution in [3.8, 4) is 17.6 Å². The second-order valence-electron chi connectivity index (χ2n) is 6.66. The fourth-order valence-electron chi connectivity index (χ4n) is 3.67. The molecule has 1 aromatic heterocycles. The number of benzene rings is 1. The minimum atomic E-state index is -2.28. The summed E-state index contributed by atoms with van der Waals surface area (Å²) in [6.45, 7) is 1.96. The molecule has 9 heteroatoms. The zero-order valence-electron chi connectivity index (χ0n) is 16.0. The predicted octanol–water partition coefficient (Wildman–Crippen LogP) is 2.96. The molecule has 1 saturated heterocycles. The van der Waals surface area contributed by atoms with Crippen LogP contribution in [0.5, 0.6) is 11.5 Å². The van der Waals surface area contributed by atoms with Crippen molar-refractivity contribution in [2.75, 3.05) is 38.8 Å². The Morgan fingerprint density at radius 3 is 2.50 bits per heavy atom. The van der Waals surface area contributed by atoms with Gasteiger partial charge in [0.05, 0.1) is 37.6 Å². The van der Waals surface area contributed by atoms with Gasteiger partial charge in [0.25, 0.3) is 0 Å². The van der Waals surface area contributed by atoms with Gasteiger partial charge in [-0.15, -0.1) is 0 Å². The Kier molecular flexibility index (Phi) is 6.87. The number of methoxy groups -OCH3 is 2. The van der Waals surface area contributed by atoms with Crippen molar-refractivity contribution in [3.05, 3.63) is 23.9 Å². The van der Waals surface area contributed by atoms with Gasteiger partial charge in [0.15, 0.2) is 11.5 Å². The first-order valence-electron chi connectivity index (χ1n) is 9.08. The second-order valence-corrected chi connectivity index (χ2v) is 7.43. The Bertz CT molecular complexity index is 863. The van der Waals surface area contributed by atoms with E-state index in [1.165, 1.54) is 0 Å². The molecule has 0 bridgehead atoms. The number of nitrogens with zero attached hydrogens (tertiary/aromatic N) is 3. The molecule has 2 N–H and O–H groups in total. The van der Waals surface area contributed by atoms with Crippen molar-refractivity contribution < 1.29 is 23.8 Å². The van der Waals surface area contributed by atoms with Crippen LogP contribution in [0.1, 0.15) is 24.8 Å². The summed E-state index contributed by atoms with van der Waals surface area (Å²) in [5.41, 5.74) is 2.16. The van der Waals surface area contributed by atoms with Crippen LogP contribution < -0.4 is 14.4 Å².